The van der Waals surface area contributed by atoms with Crippen LogP contribution in [-0.2, 0) is 9.84 Å². The summed E-state index contributed by atoms with van der Waals surface area (Å²) in [6.45, 7) is -2.17. The van der Waals surface area contributed by atoms with Crippen LogP contribution >= 0.6 is 0 Å². The van der Waals surface area contributed by atoms with Gasteiger partial charge in [0.1, 0.15) is 0 Å². The smallest absolute Gasteiger partial charge is 0.310 e. The molecule has 0 N–H and O–H groups in total. The summed E-state index contributed by atoms with van der Waals surface area (Å²) in [5.41, 5.74) is 0. The minimum Gasteiger partial charge on any atom is -0.310 e. The van der Waals surface area contributed by atoms with Crippen molar-refractivity contribution < 1.29 is 27.4 Å². The molecule has 0 saturated heterocycles. The zero-order chi connectivity index (χ0) is 9.07. The Morgan fingerprint density at radius 3 is 2.00 bits per heavy atom. The number of hydrogen-bond acceptors (Lipinski definition) is 1. The van der Waals surface area contributed by atoms with Gasteiger partial charge in [0.15, 0.2) is 6.10 Å². The molecule has 1 radical (unpaired) electrons. The molecule has 0 aromatic carbocycles. The van der Waals surface area contributed by atoms with Crippen LogP contribution in [0.1, 0.15) is 13.3 Å². The van der Waals surface area contributed by atoms with Crippen molar-refractivity contribution in [3.05, 3.63) is 0 Å². The van der Waals surface area contributed by atoms with Crippen molar-refractivity contribution in [3.8, 4) is 0 Å². The molecule has 0 aromatic rings. The molecule has 0 bridgehead atoms. The van der Waals surface area contributed by atoms with Gasteiger partial charge in [0.25, 0.3) is 0 Å². The van der Waals surface area contributed by atoms with Gasteiger partial charge in [-0.3, -0.25) is 0 Å². The van der Waals surface area contributed by atoms with Crippen LogP contribution < -0.4 is 0 Å². The summed E-state index contributed by atoms with van der Waals surface area (Å²) in [7, 11) is 0. The Kier molecular flexibility index (Phi) is 3.74. The molecule has 1 atom stereocenters. The zero-order valence-electron chi connectivity index (χ0n) is 5.69. The fraction of sp³-hybridized carbons (Fsp3) is 1.00. The van der Waals surface area contributed by atoms with Crippen molar-refractivity contribution in [2.75, 3.05) is 0 Å². The lowest BCUT2D eigenvalue weighted by Gasteiger charge is -2.18. The monoisotopic (exact) mass is 175 g/mol. The molecule has 0 amide bonds. The average Bonchev–Trinajstić information content (AvgIpc) is 1.79. The van der Waals surface area contributed by atoms with Crippen LogP contribution in [0.15, 0.2) is 0 Å². The van der Waals surface area contributed by atoms with Gasteiger partial charge in [0, 0.05) is 0 Å². The predicted molar refractivity (Wildman–Crippen MR) is 26.8 cm³/mol. The van der Waals surface area contributed by atoms with E-state index >= 15 is 0 Å². The maximum Gasteiger partial charge on any atom is 0.407 e. The molecular weight excluding hydrogens is 168 g/mol. The summed E-state index contributed by atoms with van der Waals surface area (Å²) >= 11 is 0. The predicted octanol–water partition coefficient (Wildman–Crippen LogP) is 2.03. The Morgan fingerprint density at radius 2 is 1.91 bits per heavy atom. The van der Waals surface area contributed by atoms with Gasteiger partial charge in [0.05, 0.1) is 0 Å². The van der Waals surface area contributed by atoms with Crippen molar-refractivity contribution in [2.24, 2.45) is 0 Å². The second-order valence-electron chi connectivity index (χ2n) is 1.86. The van der Waals surface area contributed by atoms with Gasteiger partial charge >= 0.3 is 12.7 Å². The van der Waals surface area contributed by atoms with Crippen LogP contribution in [0.2, 0.25) is 0 Å². The molecule has 0 spiro atoms. The van der Waals surface area contributed by atoms with E-state index < -0.39 is 25.2 Å². The van der Waals surface area contributed by atoms with Gasteiger partial charge in [-0.1, -0.05) is 6.92 Å². The third-order valence-corrected chi connectivity index (χ3v) is 1.01. The van der Waals surface area contributed by atoms with E-state index in [0.29, 0.717) is 0 Å². The van der Waals surface area contributed by atoms with E-state index in [1.165, 1.54) is 6.92 Å². The molecule has 6 heteroatoms. The molecule has 0 aliphatic heterocycles. The molecule has 0 fully saturated rings. The maximum atomic E-state index is 11.7. The minimum atomic E-state index is -4.45. The van der Waals surface area contributed by atoms with Crippen LogP contribution in [0.3, 0.4) is 0 Å². The molecule has 11 heavy (non-hydrogen) atoms. The lowest BCUT2D eigenvalue weighted by Crippen LogP contribution is -2.35. The van der Waals surface area contributed by atoms with Gasteiger partial charge in [-0.05, 0) is 6.42 Å². The molecule has 1 unspecified atom stereocenters. The molecule has 0 aliphatic carbocycles. The van der Waals surface area contributed by atoms with Crippen molar-refractivity contribution >= 4 is 0 Å². The van der Waals surface area contributed by atoms with E-state index in [1.54, 1.807) is 0 Å². The third kappa shape index (κ3) is 4.15. The Balaban J connectivity index is 3.96. The minimum absolute atomic E-state index is 0.444. The summed E-state index contributed by atoms with van der Waals surface area (Å²) in [6.07, 6.45) is -7.14. The number of hydrogen-bond donors (Lipinski definition) is 0. The maximum absolute atomic E-state index is 11.7. The van der Waals surface area contributed by atoms with Crippen molar-refractivity contribution in [2.45, 2.75) is 32.2 Å². The second kappa shape index (κ2) is 3.87. The van der Waals surface area contributed by atoms with E-state index in [0.717, 1.165) is 0 Å². The first-order valence-electron chi connectivity index (χ1n) is 2.89. The van der Waals surface area contributed by atoms with E-state index in [4.69, 9.17) is 0 Å². The Morgan fingerprint density at radius 1 is 1.45 bits per heavy atom. The van der Waals surface area contributed by atoms with Crippen LogP contribution in [-0.4, -0.2) is 18.8 Å². The Labute approximate surface area is 60.8 Å². The van der Waals surface area contributed by atoms with Gasteiger partial charge in [0.2, 0.25) is 0 Å². The van der Waals surface area contributed by atoms with Crippen LogP contribution in [0, 0.1) is 0 Å². The first-order valence-corrected chi connectivity index (χ1v) is 2.89. The largest absolute Gasteiger partial charge is 0.407 e. The highest BCUT2D eigenvalue weighted by molar-refractivity contribution is 4.63. The first-order chi connectivity index (χ1) is 4.88. The topological polar surface area (TPSA) is 29.1 Å². The molecule has 0 heterocycles. The first kappa shape index (κ1) is 10.6. The normalized spacial score (nSPS) is 15.5. The molecule has 2 nitrogen and oxygen atoms in total. The standard InChI is InChI=1S/C5H7F4O2/c1-2-3(5(8,9)10)11-4(6)7/h3-4H,2H2,1H3. The van der Waals surface area contributed by atoms with Gasteiger partial charge < -0.3 is 4.74 Å². The van der Waals surface area contributed by atoms with Crippen LogP contribution in [0.25, 0.3) is 0 Å². The number of rotatable bonds is 4. The average molecular weight is 175 g/mol. The van der Waals surface area contributed by atoms with Crippen molar-refractivity contribution in [3.63, 3.8) is 0 Å². The van der Waals surface area contributed by atoms with Gasteiger partial charge in [-0.15, -0.1) is 0 Å². The summed E-state index contributed by atoms with van der Waals surface area (Å²) < 4.78 is 49.5. The fourth-order valence-corrected chi connectivity index (χ4v) is 0.537. The van der Waals surface area contributed by atoms with Crippen LogP contribution in [0.4, 0.5) is 17.6 Å². The molecular formula is C5H7F4O2. The Bertz CT molecular complexity index is 112. The number of halogens is 4. The fourth-order valence-electron chi connectivity index (χ4n) is 0.537. The summed E-state index contributed by atoms with van der Waals surface area (Å²) in [5.74, 6) is 0. The summed E-state index contributed by atoms with van der Waals surface area (Å²) in [4.78, 5) is 0. The highest BCUT2D eigenvalue weighted by atomic mass is 19.3. The lowest BCUT2D eigenvalue weighted by atomic mass is 10.2. The molecule has 67 valence electrons. The zero-order valence-corrected chi connectivity index (χ0v) is 5.69. The van der Waals surface area contributed by atoms with E-state index in [9.17, 15) is 22.7 Å². The van der Waals surface area contributed by atoms with Crippen LogP contribution in [0.5, 0.6) is 0 Å². The SMILES string of the molecule is CCC(OC(F)F)C([O])(F)F. The highest BCUT2D eigenvalue weighted by Gasteiger charge is 2.40. The quantitative estimate of drug-likeness (QED) is 0.601. The molecule has 0 aliphatic rings. The van der Waals surface area contributed by atoms with Crippen molar-refractivity contribution in [1.82, 2.24) is 0 Å². The van der Waals surface area contributed by atoms with Gasteiger partial charge in [-0.2, -0.15) is 22.7 Å². The van der Waals surface area contributed by atoms with E-state index in [1.807, 2.05) is 0 Å². The molecule has 0 rings (SSSR count). The van der Waals surface area contributed by atoms with E-state index in [2.05, 4.69) is 4.74 Å². The summed E-state index contributed by atoms with van der Waals surface area (Å²) in [5, 5.41) is 9.78. The van der Waals surface area contributed by atoms with Crippen molar-refractivity contribution in [1.29, 1.82) is 0 Å². The number of ether oxygens (including phenoxy) is 1. The third-order valence-electron chi connectivity index (χ3n) is 1.01. The van der Waals surface area contributed by atoms with E-state index in [-0.39, 0.29) is 0 Å². The second-order valence-corrected chi connectivity index (χ2v) is 1.86. The molecule has 0 aromatic heterocycles. The summed E-state index contributed by atoms with van der Waals surface area (Å²) in [6, 6.07) is 0. The lowest BCUT2D eigenvalue weighted by molar-refractivity contribution is -0.331. The molecule has 0 saturated carbocycles. The highest BCUT2D eigenvalue weighted by Crippen LogP contribution is 2.22. The Hall–Kier alpha value is -0.360. The van der Waals surface area contributed by atoms with Gasteiger partial charge in [-0.25, -0.2) is 0 Å². The number of alkyl halides is 4.